The monoisotopic (exact) mass is 239 g/mol. The number of carbonyl (C=O) groups is 2. The molecule has 0 aliphatic heterocycles. The third-order valence-corrected chi connectivity index (χ3v) is 2.19. The molecular weight excluding hydrogens is 222 g/mol. The highest BCUT2D eigenvalue weighted by Crippen LogP contribution is 2.04. The Hall–Kier alpha value is -2.05. The quantitative estimate of drug-likeness (QED) is 0.698. The van der Waals surface area contributed by atoms with E-state index in [1.54, 1.807) is 17.7 Å². The van der Waals surface area contributed by atoms with Gasteiger partial charge in [0.15, 0.2) is 0 Å². The van der Waals surface area contributed by atoms with Gasteiger partial charge in [0.25, 0.3) is 0 Å². The van der Waals surface area contributed by atoms with E-state index < -0.39 is 18.0 Å². The van der Waals surface area contributed by atoms with Crippen molar-refractivity contribution in [1.29, 1.82) is 0 Å². The zero-order valence-corrected chi connectivity index (χ0v) is 10.2. The number of nitrogens with zero attached hydrogens (tertiary/aromatic N) is 2. The van der Waals surface area contributed by atoms with Gasteiger partial charge in [0, 0.05) is 25.9 Å². The fourth-order valence-electron chi connectivity index (χ4n) is 1.18. The third-order valence-electron chi connectivity index (χ3n) is 2.19. The van der Waals surface area contributed by atoms with Crippen LogP contribution in [0.4, 0.5) is 10.6 Å². The number of amides is 3. The highest BCUT2D eigenvalue weighted by molar-refractivity contribution is 5.97. The van der Waals surface area contributed by atoms with Gasteiger partial charge in [0.05, 0.1) is 0 Å². The number of urea groups is 1. The molecule has 0 bridgehead atoms. The Balaban J connectivity index is 2.50. The van der Waals surface area contributed by atoms with Crippen molar-refractivity contribution in [2.24, 2.45) is 0 Å². The number of hydrogen-bond acceptors (Lipinski definition) is 4. The summed E-state index contributed by atoms with van der Waals surface area (Å²) in [4.78, 5) is 22.5. The highest BCUT2D eigenvalue weighted by Gasteiger charge is 2.15. The van der Waals surface area contributed by atoms with E-state index in [-0.39, 0.29) is 0 Å². The predicted octanol–water partition coefficient (Wildman–Crippen LogP) is 0.159. The first-order valence-electron chi connectivity index (χ1n) is 5.39. The Morgan fingerprint density at radius 2 is 2.24 bits per heavy atom. The van der Waals surface area contributed by atoms with Crippen LogP contribution in [0.25, 0.3) is 0 Å². The Labute approximate surface area is 99.6 Å². The predicted molar refractivity (Wildman–Crippen MR) is 63.6 cm³/mol. The molecule has 1 atom stereocenters. The average molecular weight is 239 g/mol. The van der Waals surface area contributed by atoms with E-state index in [0.717, 1.165) is 6.54 Å². The SMILES string of the molecule is CCn1ccc(NC(C)C(=O)NC(=O)NC)n1. The first-order valence-corrected chi connectivity index (χ1v) is 5.39. The second-order valence-corrected chi connectivity index (χ2v) is 3.49. The van der Waals surface area contributed by atoms with Gasteiger partial charge in [-0.1, -0.05) is 0 Å². The summed E-state index contributed by atoms with van der Waals surface area (Å²) >= 11 is 0. The standard InChI is InChI=1S/C10H17N5O2/c1-4-15-6-5-8(14-15)12-7(2)9(16)13-10(17)11-3/h5-7H,4H2,1-3H3,(H,12,14)(H2,11,13,16,17). The van der Waals surface area contributed by atoms with Crippen molar-refractivity contribution in [3.63, 3.8) is 0 Å². The van der Waals surface area contributed by atoms with Crippen LogP contribution in [0.15, 0.2) is 12.3 Å². The van der Waals surface area contributed by atoms with E-state index in [4.69, 9.17) is 0 Å². The molecule has 1 aromatic rings. The summed E-state index contributed by atoms with van der Waals surface area (Å²) in [6, 6.07) is 0.711. The lowest BCUT2D eigenvalue weighted by Crippen LogP contribution is -2.44. The van der Waals surface area contributed by atoms with Gasteiger partial charge in [-0.15, -0.1) is 0 Å². The number of anilines is 1. The zero-order valence-electron chi connectivity index (χ0n) is 10.2. The summed E-state index contributed by atoms with van der Waals surface area (Å²) in [5.41, 5.74) is 0. The molecule has 0 fully saturated rings. The van der Waals surface area contributed by atoms with Crippen molar-refractivity contribution in [3.05, 3.63) is 12.3 Å². The second-order valence-electron chi connectivity index (χ2n) is 3.49. The molecule has 0 aliphatic rings. The minimum Gasteiger partial charge on any atom is -0.357 e. The van der Waals surface area contributed by atoms with E-state index in [0.29, 0.717) is 5.82 Å². The first kappa shape index (κ1) is 13.0. The van der Waals surface area contributed by atoms with Gasteiger partial charge < -0.3 is 10.6 Å². The van der Waals surface area contributed by atoms with Crippen LogP contribution in [0.5, 0.6) is 0 Å². The lowest BCUT2D eigenvalue weighted by Gasteiger charge is -2.12. The summed E-state index contributed by atoms with van der Waals surface area (Å²) in [7, 11) is 1.45. The third kappa shape index (κ3) is 3.78. The maximum atomic E-state index is 11.5. The van der Waals surface area contributed by atoms with Gasteiger partial charge >= 0.3 is 6.03 Å². The summed E-state index contributed by atoms with van der Waals surface area (Å²) in [6.07, 6.45) is 1.81. The Kier molecular flexibility index (Phi) is 4.50. The summed E-state index contributed by atoms with van der Waals surface area (Å²) in [6.45, 7) is 4.39. The molecule has 3 N–H and O–H groups in total. The number of rotatable bonds is 4. The minimum absolute atomic E-state index is 0.407. The van der Waals surface area contributed by atoms with E-state index in [9.17, 15) is 9.59 Å². The zero-order chi connectivity index (χ0) is 12.8. The lowest BCUT2D eigenvalue weighted by atomic mass is 10.3. The van der Waals surface area contributed by atoms with Gasteiger partial charge in [0.2, 0.25) is 5.91 Å². The van der Waals surface area contributed by atoms with Crippen LogP contribution in [0, 0.1) is 0 Å². The lowest BCUT2D eigenvalue weighted by molar-refractivity contribution is -0.120. The van der Waals surface area contributed by atoms with Crippen molar-refractivity contribution in [3.8, 4) is 0 Å². The maximum Gasteiger partial charge on any atom is 0.321 e. The molecule has 17 heavy (non-hydrogen) atoms. The van der Waals surface area contributed by atoms with Crippen molar-refractivity contribution in [2.45, 2.75) is 26.4 Å². The normalized spacial score (nSPS) is 11.7. The molecule has 0 spiro atoms. The van der Waals surface area contributed by atoms with Crippen LogP contribution in [0.1, 0.15) is 13.8 Å². The second kappa shape index (κ2) is 5.88. The summed E-state index contributed by atoms with van der Waals surface area (Å²) in [5.74, 6) is 0.196. The molecule has 0 saturated carbocycles. The number of hydrogen-bond donors (Lipinski definition) is 3. The van der Waals surface area contributed by atoms with Gasteiger partial charge in [-0.3, -0.25) is 14.8 Å². The van der Waals surface area contributed by atoms with Crippen LogP contribution in [0.2, 0.25) is 0 Å². The molecule has 7 heteroatoms. The van der Waals surface area contributed by atoms with Gasteiger partial charge in [-0.05, 0) is 13.8 Å². The molecule has 94 valence electrons. The highest BCUT2D eigenvalue weighted by atomic mass is 16.2. The number of aromatic nitrogens is 2. The molecule has 3 amide bonds. The molecule has 1 rings (SSSR count). The number of nitrogens with one attached hydrogen (secondary N) is 3. The minimum atomic E-state index is -0.535. The smallest absolute Gasteiger partial charge is 0.321 e. The fourth-order valence-corrected chi connectivity index (χ4v) is 1.18. The number of aryl methyl sites for hydroxylation is 1. The largest absolute Gasteiger partial charge is 0.357 e. The summed E-state index contributed by atoms with van der Waals surface area (Å²) < 4.78 is 1.74. The molecule has 7 nitrogen and oxygen atoms in total. The maximum absolute atomic E-state index is 11.5. The average Bonchev–Trinajstić information content (AvgIpc) is 2.76. The Morgan fingerprint density at radius 1 is 1.53 bits per heavy atom. The summed E-state index contributed by atoms with van der Waals surface area (Å²) in [5, 5.41) is 11.6. The van der Waals surface area contributed by atoms with Crippen LogP contribution in [-0.4, -0.2) is 34.8 Å². The molecule has 1 heterocycles. The fraction of sp³-hybridized carbons (Fsp3) is 0.500. The van der Waals surface area contributed by atoms with Crippen LogP contribution in [-0.2, 0) is 11.3 Å². The van der Waals surface area contributed by atoms with Gasteiger partial charge in [-0.25, -0.2) is 4.79 Å². The van der Waals surface area contributed by atoms with Crippen LogP contribution < -0.4 is 16.0 Å². The van der Waals surface area contributed by atoms with E-state index in [1.807, 2.05) is 13.1 Å². The first-order chi connectivity index (χ1) is 8.06. The van der Waals surface area contributed by atoms with Crippen molar-refractivity contribution in [1.82, 2.24) is 20.4 Å². The van der Waals surface area contributed by atoms with Crippen molar-refractivity contribution >= 4 is 17.8 Å². The van der Waals surface area contributed by atoms with Crippen LogP contribution >= 0.6 is 0 Å². The molecule has 1 unspecified atom stereocenters. The van der Waals surface area contributed by atoms with Crippen LogP contribution in [0.3, 0.4) is 0 Å². The number of imide groups is 1. The van der Waals surface area contributed by atoms with Gasteiger partial charge in [0.1, 0.15) is 11.9 Å². The molecule has 0 radical (unpaired) electrons. The van der Waals surface area contributed by atoms with Crippen molar-refractivity contribution in [2.75, 3.05) is 12.4 Å². The van der Waals surface area contributed by atoms with E-state index in [2.05, 4.69) is 21.0 Å². The molecule has 0 aliphatic carbocycles. The van der Waals surface area contributed by atoms with E-state index >= 15 is 0 Å². The van der Waals surface area contributed by atoms with Crippen molar-refractivity contribution < 1.29 is 9.59 Å². The molecule has 0 saturated heterocycles. The van der Waals surface area contributed by atoms with E-state index in [1.165, 1.54) is 7.05 Å². The van der Waals surface area contributed by atoms with Gasteiger partial charge in [-0.2, -0.15) is 5.10 Å². The molecule has 1 aromatic heterocycles. The number of carbonyl (C=O) groups excluding carboxylic acids is 2. The Bertz CT molecular complexity index is 401. The Morgan fingerprint density at radius 3 is 2.76 bits per heavy atom. The molecular formula is C10H17N5O2. The topological polar surface area (TPSA) is 88.0 Å². The molecule has 0 aromatic carbocycles.